The molecular weight excluding hydrogens is 436 g/mol. The first kappa shape index (κ1) is 22.7. The average molecular weight is 467 g/mol. The molecule has 0 spiro atoms. The van der Waals surface area contributed by atoms with Gasteiger partial charge in [0.25, 0.3) is 5.91 Å². The van der Waals surface area contributed by atoms with Crippen molar-refractivity contribution in [3.63, 3.8) is 0 Å². The van der Waals surface area contributed by atoms with Gasteiger partial charge in [-0.3, -0.25) is 9.59 Å². The molecule has 0 unspecified atom stereocenters. The maximum Gasteiger partial charge on any atom is 0.271 e. The lowest BCUT2D eigenvalue weighted by Gasteiger charge is -2.44. The minimum Gasteiger partial charge on any atom is -0.378 e. The summed E-state index contributed by atoms with van der Waals surface area (Å²) in [6.45, 7) is 3.02. The molecule has 1 aliphatic heterocycles. The van der Waals surface area contributed by atoms with Crippen LogP contribution in [0.15, 0.2) is 84.9 Å². The highest BCUT2D eigenvalue weighted by Gasteiger charge is 2.47. The van der Waals surface area contributed by atoms with Crippen LogP contribution in [-0.2, 0) is 24.4 Å². The molecule has 6 heteroatoms. The third-order valence-electron chi connectivity index (χ3n) is 6.92. The van der Waals surface area contributed by atoms with Crippen LogP contribution in [0.5, 0.6) is 0 Å². The van der Waals surface area contributed by atoms with Gasteiger partial charge >= 0.3 is 0 Å². The number of carbonyl (C=O) groups excluding carboxylic acids is 2. The van der Waals surface area contributed by atoms with Gasteiger partial charge in [0.2, 0.25) is 5.91 Å². The second-order valence-electron chi connectivity index (χ2n) is 9.57. The van der Waals surface area contributed by atoms with E-state index in [4.69, 9.17) is 0 Å². The van der Waals surface area contributed by atoms with Crippen molar-refractivity contribution in [3.05, 3.63) is 102 Å². The second-order valence-corrected chi connectivity index (χ2v) is 9.57. The lowest BCUT2D eigenvalue weighted by molar-refractivity contribution is -0.133. The van der Waals surface area contributed by atoms with E-state index in [0.29, 0.717) is 25.3 Å². The Morgan fingerprint density at radius 2 is 1.63 bits per heavy atom. The lowest BCUT2D eigenvalue weighted by atomic mass is 9.93. The molecule has 2 heterocycles. The Morgan fingerprint density at radius 1 is 0.943 bits per heavy atom. The van der Waals surface area contributed by atoms with E-state index >= 15 is 0 Å². The summed E-state index contributed by atoms with van der Waals surface area (Å²) in [6.07, 6.45) is 0. The summed E-state index contributed by atoms with van der Waals surface area (Å²) in [4.78, 5) is 31.4. The first-order valence-corrected chi connectivity index (χ1v) is 11.9. The maximum absolute atomic E-state index is 13.9. The molecule has 0 saturated carbocycles. The molecule has 1 N–H and O–H groups in total. The summed E-state index contributed by atoms with van der Waals surface area (Å²) in [5, 5.41) is 4.09. The fourth-order valence-corrected chi connectivity index (χ4v) is 4.80. The van der Waals surface area contributed by atoms with E-state index < -0.39 is 5.54 Å². The largest absolute Gasteiger partial charge is 0.378 e. The van der Waals surface area contributed by atoms with Crippen molar-refractivity contribution in [3.8, 4) is 0 Å². The average Bonchev–Trinajstić information content (AvgIpc) is 3.24. The van der Waals surface area contributed by atoms with E-state index in [2.05, 4.69) is 5.32 Å². The number of fused-ring (bicyclic) bond motifs is 3. The molecule has 2 amide bonds. The number of nitrogens with one attached hydrogen (secondary N) is 1. The van der Waals surface area contributed by atoms with Gasteiger partial charge in [-0.25, -0.2) is 0 Å². The first-order chi connectivity index (χ1) is 16.9. The molecule has 0 saturated heterocycles. The van der Waals surface area contributed by atoms with Gasteiger partial charge in [0.05, 0.1) is 6.54 Å². The van der Waals surface area contributed by atoms with Crippen molar-refractivity contribution in [2.24, 2.45) is 0 Å². The Morgan fingerprint density at radius 3 is 2.34 bits per heavy atom. The van der Waals surface area contributed by atoms with Gasteiger partial charge in [-0.2, -0.15) is 0 Å². The van der Waals surface area contributed by atoms with Gasteiger partial charge in [0.15, 0.2) is 0 Å². The zero-order valence-corrected chi connectivity index (χ0v) is 20.4. The van der Waals surface area contributed by atoms with Crippen LogP contribution in [0.2, 0.25) is 0 Å². The molecule has 1 aromatic heterocycles. The number of benzene rings is 3. The van der Waals surface area contributed by atoms with Gasteiger partial charge < -0.3 is 19.7 Å². The molecule has 0 aliphatic carbocycles. The van der Waals surface area contributed by atoms with Crippen molar-refractivity contribution in [2.45, 2.75) is 32.1 Å². The highest BCUT2D eigenvalue weighted by molar-refractivity contribution is 6.03. The van der Waals surface area contributed by atoms with Crippen LogP contribution >= 0.6 is 0 Å². The molecule has 3 aromatic carbocycles. The van der Waals surface area contributed by atoms with E-state index in [9.17, 15) is 9.59 Å². The summed E-state index contributed by atoms with van der Waals surface area (Å²) < 4.78 is 1.99. The number of carbonyl (C=O) groups is 2. The molecule has 4 aromatic rings. The zero-order chi connectivity index (χ0) is 24.6. The number of hydrogen-bond acceptors (Lipinski definition) is 3. The monoisotopic (exact) mass is 466 g/mol. The molecule has 0 radical (unpaired) electrons. The molecule has 0 bridgehead atoms. The summed E-state index contributed by atoms with van der Waals surface area (Å²) in [7, 11) is 3.99. The summed E-state index contributed by atoms with van der Waals surface area (Å²) in [5.41, 5.74) is 3.61. The highest BCUT2D eigenvalue weighted by Crippen LogP contribution is 2.33. The summed E-state index contributed by atoms with van der Waals surface area (Å²) in [6, 6.07) is 27.8. The van der Waals surface area contributed by atoms with Gasteiger partial charge in [-0.1, -0.05) is 60.7 Å². The number of hydrogen-bond donors (Lipinski definition) is 1. The number of para-hydroxylation sites is 1. The summed E-state index contributed by atoms with van der Waals surface area (Å²) in [5.74, 6) is -0.301. The molecular formula is C29H30N4O2. The number of amides is 2. The smallest absolute Gasteiger partial charge is 0.271 e. The normalized spacial score (nSPS) is 17.3. The Kier molecular flexibility index (Phi) is 5.81. The topological polar surface area (TPSA) is 57.6 Å². The third kappa shape index (κ3) is 4.16. The van der Waals surface area contributed by atoms with Crippen LogP contribution in [0.4, 0.5) is 5.69 Å². The van der Waals surface area contributed by atoms with Crippen molar-refractivity contribution in [1.29, 1.82) is 0 Å². The van der Waals surface area contributed by atoms with Crippen LogP contribution in [0.1, 0.15) is 28.5 Å². The quantitative estimate of drug-likeness (QED) is 0.457. The predicted octanol–water partition coefficient (Wildman–Crippen LogP) is 4.44. The van der Waals surface area contributed by atoms with Gasteiger partial charge in [-0.15, -0.1) is 0 Å². The number of nitrogens with zero attached hydrogens (tertiary/aromatic N) is 3. The SMILES string of the molecule is CN(C)c1ccc(CN2C(=O)c3cc4ccccc4n3C[C@@]2(C)C(=O)NCc2ccccc2)cc1. The third-order valence-corrected chi connectivity index (χ3v) is 6.92. The molecule has 1 atom stereocenters. The fraction of sp³-hybridized carbons (Fsp3) is 0.241. The Hall–Kier alpha value is -4.06. The van der Waals surface area contributed by atoms with Crippen LogP contribution in [0.25, 0.3) is 10.9 Å². The zero-order valence-electron chi connectivity index (χ0n) is 20.4. The minimum atomic E-state index is -1.05. The number of anilines is 1. The number of rotatable bonds is 6. The van der Waals surface area contributed by atoms with E-state index in [1.807, 2.05) is 115 Å². The van der Waals surface area contributed by atoms with Crippen molar-refractivity contribution < 1.29 is 9.59 Å². The molecule has 35 heavy (non-hydrogen) atoms. The maximum atomic E-state index is 13.9. The lowest BCUT2D eigenvalue weighted by Crippen LogP contribution is -2.63. The first-order valence-electron chi connectivity index (χ1n) is 11.9. The molecule has 1 aliphatic rings. The van der Waals surface area contributed by atoms with Crippen LogP contribution in [0, 0.1) is 0 Å². The Labute approximate surface area is 205 Å². The van der Waals surface area contributed by atoms with Crippen LogP contribution in [-0.4, -0.2) is 40.9 Å². The predicted molar refractivity (Wildman–Crippen MR) is 139 cm³/mol. The molecule has 0 fully saturated rings. The fourth-order valence-electron chi connectivity index (χ4n) is 4.80. The van der Waals surface area contributed by atoms with Crippen LogP contribution < -0.4 is 10.2 Å². The van der Waals surface area contributed by atoms with Crippen LogP contribution in [0.3, 0.4) is 0 Å². The summed E-state index contributed by atoms with van der Waals surface area (Å²) >= 11 is 0. The van der Waals surface area contributed by atoms with Crippen molar-refractivity contribution in [1.82, 2.24) is 14.8 Å². The van der Waals surface area contributed by atoms with E-state index in [1.54, 1.807) is 4.90 Å². The second kappa shape index (κ2) is 8.95. The van der Waals surface area contributed by atoms with Gasteiger partial charge in [0.1, 0.15) is 11.2 Å². The highest BCUT2D eigenvalue weighted by atomic mass is 16.2. The molecule has 178 valence electrons. The Balaban J connectivity index is 1.51. The Bertz CT molecular complexity index is 1380. The van der Waals surface area contributed by atoms with E-state index in [-0.39, 0.29) is 11.8 Å². The van der Waals surface area contributed by atoms with Crippen molar-refractivity contribution in [2.75, 3.05) is 19.0 Å². The van der Waals surface area contributed by atoms with Crippen molar-refractivity contribution >= 4 is 28.4 Å². The molecule has 6 nitrogen and oxygen atoms in total. The van der Waals surface area contributed by atoms with E-state index in [1.165, 1.54) is 0 Å². The molecule has 5 rings (SSSR count). The minimum absolute atomic E-state index is 0.138. The van der Waals surface area contributed by atoms with E-state index in [0.717, 1.165) is 27.7 Å². The number of aromatic nitrogens is 1. The standard InChI is InChI=1S/C29H30N4O2/c1-29(28(35)30-18-21-9-5-4-6-10-21)20-32-25-12-8-7-11-23(25)17-26(32)27(34)33(29)19-22-13-15-24(16-14-22)31(2)3/h4-17H,18-20H2,1-3H3,(H,30,35)/t29-/m0/s1. The van der Waals surface area contributed by atoms with Gasteiger partial charge in [-0.05, 0) is 42.3 Å². The van der Waals surface area contributed by atoms with Gasteiger partial charge in [0, 0.05) is 43.8 Å².